The monoisotopic (exact) mass is 301 g/mol. The Morgan fingerprint density at radius 3 is 2.27 bits per heavy atom. The molecular weight excluding hydrogens is 281 g/mol. The summed E-state index contributed by atoms with van der Waals surface area (Å²) in [7, 11) is 0. The van der Waals surface area contributed by atoms with Gasteiger partial charge in [-0.25, -0.2) is 4.39 Å². The van der Waals surface area contributed by atoms with Crippen LogP contribution in [-0.4, -0.2) is 29.0 Å². The lowest BCUT2D eigenvalue weighted by Gasteiger charge is -2.19. The molecule has 0 bridgehead atoms. The molecule has 2 aromatic carbocycles. The lowest BCUT2D eigenvalue weighted by Crippen LogP contribution is -2.30. The predicted octanol–water partition coefficient (Wildman–Crippen LogP) is 3.39. The van der Waals surface area contributed by atoms with Crippen LogP contribution in [0.25, 0.3) is 0 Å². The van der Waals surface area contributed by atoms with Crippen molar-refractivity contribution < 1.29 is 14.3 Å². The Hall–Kier alpha value is -2.20. The average molecular weight is 301 g/mol. The molecule has 1 amide bonds. The molecule has 0 saturated carbocycles. The van der Waals surface area contributed by atoms with Crippen molar-refractivity contribution in [3.63, 3.8) is 0 Å². The molecule has 0 heterocycles. The van der Waals surface area contributed by atoms with Crippen LogP contribution in [0.4, 0.5) is 4.39 Å². The predicted molar refractivity (Wildman–Crippen MR) is 84.2 cm³/mol. The summed E-state index contributed by atoms with van der Waals surface area (Å²) in [5.41, 5.74) is 1.70. The second kappa shape index (κ2) is 7.18. The number of aliphatic hydroxyl groups excluding tert-OH is 1. The number of amides is 1. The molecule has 0 spiro atoms. The van der Waals surface area contributed by atoms with Gasteiger partial charge >= 0.3 is 0 Å². The molecule has 0 fully saturated rings. The van der Waals surface area contributed by atoms with E-state index in [-0.39, 0.29) is 11.7 Å². The first-order valence-corrected chi connectivity index (χ1v) is 7.39. The van der Waals surface area contributed by atoms with Crippen LogP contribution in [0.2, 0.25) is 0 Å². The molecule has 2 rings (SSSR count). The van der Waals surface area contributed by atoms with Crippen molar-refractivity contribution in [2.45, 2.75) is 20.0 Å². The fraction of sp³-hybridized carbons (Fsp3) is 0.278. The highest BCUT2D eigenvalue weighted by Gasteiger charge is 2.15. The van der Waals surface area contributed by atoms with Crippen molar-refractivity contribution in [1.29, 1.82) is 0 Å². The first-order chi connectivity index (χ1) is 10.6. The minimum atomic E-state index is -0.909. The maximum atomic E-state index is 13.2. The second-order valence-electron chi connectivity index (χ2n) is 5.06. The Bertz CT molecular complexity index is 636. The molecule has 1 N–H and O–H groups in total. The van der Waals surface area contributed by atoms with Gasteiger partial charge in [0.2, 0.25) is 0 Å². The Labute approximate surface area is 130 Å². The van der Waals surface area contributed by atoms with Crippen LogP contribution in [0.3, 0.4) is 0 Å². The van der Waals surface area contributed by atoms with Crippen LogP contribution in [0.15, 0.2) is 48.5 Å². The molecule has 22 heavy (non-hydrogen) atoms. The molecule has 2 aromatic rings. The van der Waals surface area contributed by atoms with Crippen LogP contribution in [0.1, 0.15) is 41.4 Å². The van der Waals surface area contributed by atoms with E-state index in [1.165, 1.54) is 12.1 Å². The molecule has 1 atom stereocenters. The zero-order chi connectivity index (χ0) is 16.1. The highest BCUT2D eigenvalue weighted by Crippen LogP contribution is 2.23. The maximum Gasteiger partial charge on any atom is 0.253 e. The Morgan fingerprint density at radius 2 is 1.73 bits per heavy atom. The van der Waals surface area contributed by atoms with Crippen LogP contribution in [0.5, 0.6) is 0 Å². The first kappa shape index (κ1) is 16.2. The van der Waals surface area contributed by atoms with Gasteiger partial charge in [-0.3, -0.25) is 4.79 Å². The number of carbonyl (C=O) groups excluding carboxylic acids is 1. The molecule has 4 heteroatoms. The smallest absolute Gasteiger partial charge is 0.253 e. The van der Waals surface area contributed by atoms with Crippen LogP contribution in [-0.2, 0) is 0 Å². The van der Waals surface area contributed by atoms with Crippen LogP contribution < -0.4 is 0 Å². The number of nitrogens with zero attached hydrogens (tertiary/aromatic N) is 1. The van der Waals surface area contributed by atoms with Gasteiger partial charge in [0.25, 0.3) is 5.91 Å². The fourth-order valence-electron chi connectivity index (χ4n) is 2.37. The summed E-state index contributed by atoms with van der Waals surface area (Å²) >= 11 is 0. The van der Waals surface area contributed by atoms with E-state index in [0.717, 1.165) is 0 Å². The van der Waals surface area contributed by atoms with Gasteiger partial charge in [0.05, 0.1) is 0 Å². The van der Waals surface area contributed by atoms with E-state index < -0.39 is 6.10 Å². The zero-order valence-corrected chi connectivity index (χ0v) is 12.8. The summed E-state index contributed by atoms with van der Waals surface area (Å²) in [5.74, 6) is -0.415. The summed E-state index contributed by atoms with van der Waals surface area (Å²) in [6.07, 6.45) is -0.909. The number of carbonyl (C=O) groups is 1. The molecule has 0 aliphatic carbocycles. The minimum Gasteiger partial charge on any atom is -0.384 e. The summed E-state index contributed by atoms with van der Waals surface area (Å²) in [5, 5.41) is 10.3. The standard InChI is InChI=1S/C18H20FNO2/c1-3-20(4-2)18(22)14-10-8-13(9-11-14)17(21)15-6-5-7-16(19)12-15/h5-12,17,21H,3-4H2,1-2H3/t17-/m0/s1. The van der Waals surface area contributed by atoms with E-state index in [1.54, 1.807) is 41.3 Å². The van der Waals surface area contributed by atoms with Crippen LogP contribution in [0, 0.1) is 5.82 Å². The van der Waals surface area contributed by atoms with Crippen molar-refractivity contribution >= 4 is 5.91 Å². The van der Waals surface area contributed by atoms with Gasteiger partial charge in [-0.1, -0.05) is 24.3 Å². The van der Waals surface area contributed by atoms with Crippen molar-refractivity contribution in [2.75, 3.05) is 13.1 Å². The third-order valence-corrected chi connectivity index (χ3v) is 3.69. The van der Waals surface area contributed by atoms with Crippen molar-refractivity contribution in [1.82, 2.24) is 4.90 Å². The molecule has 0 unspecified atom stereocenters. The minimum absolute atomic E-state index is 0.0307. The van der Waals surface area contributed by atoms with Gasteiger partial charge in [-0.15, -0.1) is 0 Å². The fourth-order valence-corrected chi connectivity index (χ4v) is 2.37. The molecule has 0 aliphatic heterocycles. The third-order valence-electron chi connectivity index (χ3n) is 3.69. The molecular formula is C18H20FNO2. The lowest BCUT2D eigenvalue weighted by atomic mass is 10.00. The SMILES string of the molecule is CCN(CC)C(=O)c1ccc([C@H](O)c2cccc(F)c2)cc1. The molecule has 0 aromatic heterocycles. The topological polar surface area (TPSA) is 40.5 Å². The molecule has 116 valence electrons. The lowest BCUT2D eigenvalue weighted by molar-refractivity contribution is 0.0773. The number of benzene rings is 2. The zero-order valence-electron chi connectivity index (χ0n) is 12.8. The molecule has 3 nitrogen and oxygen atoms in total. The van der Waals surface area contributed by atoms with Crippen LogP contribution >= 0.6 is 0 Å². The van der Waals surface area contributed by atoms with Gasteiger partial charge < -0.3 is 10.0 Å². The first-order valence-electron chi connectivity index (χ1n) is 7.39. The van der Waals surface area contributed by atoms with Gasteiger partial charge in [0.15, 0.2) is 0 Å². The summed E-state index contributed by atoms with van der Waals surface area (Å²) in [4.78, 5) is 14.0. The van der Waals surface area contributed by atoms with Crippen molar-refractivity contribution in [3.8, 4) is 0 Å². The van der Waals surface area contributed by atoms with E-state index in [1.807, 2.05) is 13.8 Å². The van der Waals surface area contributed by atoms with Gasteiger partial charge in [0, 0.05) is 18.7 Å². The van der Waals surface area contributed by atoms with E-state index in [0.29, 0.717) is 29.8 Å². The number of hydrogen-bond donors (Lipinski definition) is 1. The third kappa shape index (κ3) is 3.52. The quantitative estimate of drug-likeness (QED) is 0.919. The highest BCUT2D eigenvalue weighted by molar-refractivity contribution is 5.94. The second-order valence-corrected chi connectivity index (χ2v) is 5.06. The van der Waals surface area contributed by atoms with E-state index >= 15 is 0 Å². The summed E-state index contributed by atoms with van der Waals surface area (Å²) < 4.78 is 13.2. The van der Waals surface area contributed by atoms with Gasteiger partial charge in [-0.2, -0.15) is 0 Å². The average Bonchev–Trinajstić information content (AvgIpc) is 2.55. The summed E-state index contributed by atoms with van der Waals surface area (Å²) in [6, 6.07) is 12.7. The van der Waals surface area contributed by atoms with Crippen molar-refractivity contribution in [2.24, 2.45) is 0 Å². The van der Waals surface area contributed by atoms with Crippen molar-refractivity contribution in [3.05, 3.63) is 71.0 Å². The largest absolute Gasteiger partial charge is 0.384 e. The summed E-state index contributed by atoms with van der Waals surface area (Å²) in [6.45, 7) is 5.18. The molecule has 0 radical (unpaired) electrons. The van der Waals surface area contributed by atoms with E-state index in [4.69, 9.17) is 0 Å². The van der Waals surface area contributed by atoms with E-state index in [2.05, 4.69) is 0 Å². The normalized spacial score (nSPS) is 12.0. The Morgan fingerprint density at radius 1 is 1.09 bits per heavy atom. The Balaban J connectivity index is 2.20. The number of hydrogen-bond acceptors (Lipinski definition) is 2. The van der Waals surface area contributed by atoms with Gasteiger partial charge in [0.1, 0.15) is 11.9 Å². The molecule has 0 saturated heterocycles. The number of aliphatic hydroxyl groups is 1. The number of rotatable bonds is 5. The van der Waals surface area contributed by atoms with Gasteiger partial charge in [-0.05, 0) is 49.2 Å². The van der Waals surface area contributed by atoms with E-state index in [9.17, 15) is 14.3 Å². The maximum absolute atomic E-state index is 13.2. The number of halogens is 1. The highest BCUT2D eigenvalue weighted by atomic mass is 19.1. The molecule has 0 aliphatic rings. The Kier molecular flexibility index (Phi) is 5.28.